The van der Waals surface area contributed by atoms with Crippen LogP contribution in [-0.2, 0) is 12.8 Å². The Kier molecular flexibility index (Phi) is 8.28. The molecule has 2 aromatic carbocycles. The molecule has 0 aliphatic heterocycles. The minimum Gasteiger partial charge on any atom is -0.330 e. The lowest BCUT2D eigenvalue weighted by molar-refractivity contribution is 0.832. The smallest absolute Gasteiger partial charge is 0.0247 e. The molecule has 0 aromatic heterocycles. The molecule has 0 saturated carbocycles. The van der Waals surface area contributed by atoms with Crippen LogP contribution in [0.15, 0.2) is 54.6 Å². The van der Waals surface area contributed by atoms with Crippen molar-refractivity contribution in [1.82, 2.24) is 0 Å². The summed E-state index contributed by atoms with van der Waals surface area (Å²) in [5.74, 6) is 6.51. The molecular weight excluding hydrogens is 278 g/mol. The van der Waals surface area contributed by atoms with E-state index < -0.39 is 0 Å². The lowest BCUT2D eigenvalue weighted by Crippen LogP contribution is -2.00. The molecule has 0 atom stereocenters. The van der Waals surface area contributed by atoms with Gasteiger partial charge >= 0.3 is 0 Å². The molecule has 2 heteroatoms. The summed E-state index contributed by atoms with van der Waals surface area (Å²) in [6, 6.07) is 18.9. The molecular formula is C19H22ClN. The fraction of sp³-hybridized carbons (Fsp3) is 0.263. The molecule has 0 radical (unpaired) electrons. The highest BCUT2D eigenvalue weighted by atomic mass is 35.5. The molecule has 0 unspecified atom stereocenters. The average molecular weight is 300 g/mol. The van der Waals surface area contributed by atoms with Crippen molar-refractivity contribution < 1.29 is 0 Å². The van der Waals surface area contributed by atoms with E-state index in [4.69, 9.17) is 5.73 Å². The summed E-state index contributed by atoms with van der Waals surface area (Å²) in [6.07, 6.45) is 3.98. The lowest BCUT2D eigenvalue weighted by atomic mass is 10.1. The Hall–Kier alpha value is -1.75. The van der Waals surface area contributed by atoms with Gasteiger partial charge < -0.3 is 5.73 Å². The summed E-state index contributed by atoms with van der Waals surface area (Å²) in [7, 11) is 0. The van der Waals surface area contributed by atoms with E-state index in [0.717, 1.165) is 37.8 Å². The SMILES string of the molecule is Cl.NCCCc1cccc(C#CCCc2ccccc2)c1. The standard InChI is InChI=1S/C19H21N.ClH/c20-15-7-14-19-13-6-12-18(16-19)11-5-4-10-17-8-2-1-3-9-17;/h1-3,6,8-9,12-13,16H,4,7,10,14-15,20H2;1H. The minimum atomic E-state index is 0. The van der Waals surface area contributed by atoms with Gasteiger partial charge in [-0.05, 0) is 49.1 Å². The van der Waals surface area contributed by atoms with Gasteiger partial charge in [-0.2, -0.15) is 0 Å². The Morgan fingerprint density at radius 1 is 0.857 bits per heavy atom. The number of halogens is 1. The second kappa shape index (κ2) is 10.0. The molecule has 0 heterocycles. The predicted molar refractivity (Wildman–Crippen MR) is 92.7 cm³/mol. The monoisotopic (exact) mass is 299 g/mol. The Morgan fingerprint density at radius 3 is 2.38 bits per heavy atom. The second-order valence-corrected chi connectivity index (χ2v) is 4.88. The van der Waals surface area contributed by atoms with E-state index in [9.17, 15) is 0 Å². The molecule has 2 aromatic rings. The molecule has 2 N–H and O–H groups in total. The number of hydrogen-bond acceptors (Lipinski definition) is 1. The van der Waals surface area contributed by atoms with Gasteiger partial charge in [0.05, 0.1) is 0 Å². The maximum Gasteiger partial charge on any atom is 0.0247 e. The Balaban J connectivity index is 0.00000220. The summed E-state index contributed by atoms with van der Waals surface area (Å²) in [5.41, 5.74) is 9.31. The van der Waals surface area contributed by atoms with Crippen molar-refractivity contribution >= 4 is 12.4 Å². The molecule has 0 fully saturated rings. The van der Waals surface area contributed by atoms with E-state index in [1.165, 1.54) is 11.1 Å². The van der Waals surface area contributed by atoms with Gasteiger partial charge in [0.2, 0.25) is 0 Å². The summed E-state index contributed by atoms with van der Waals surface area (Å²) < 4.78 is 0. The van der Waals surface area contributed by atoms with Crippen molar-refractivity contribution in [2.75, 3.05) is 6.54 Å². The first kappa shape index (κ1) is 17.3. The van der Waals surface area contributed by atoms with E-state index in [1.807, 2.05) is 6.07 Å². The minimum absolute atomic E-state index is 0. The predicted octanol–water partition coefficient (Wildman–Crippen LogP) is 3.98. The van der Waals surface area contributed by atoms with E-state index in [-0.39, 0.29) is 12.4 Å². The van der Waals surface area contributed by atoms with Gasteiger partial charge in [-0.1, -0.05) is 54.3 Å². The summed E-state index contributed by atoms with van der Waals surface area (Å²) in [6.45, 7) is 0.743. The zero-order chi connectivity index (χ0) is 14.0. The largest absolute Gasteiger partial charge is 0.330 e. The molecule has 2 rings (SSSR count). The van der Waals surface area contributed by atoms with E-state index >= 15 is 0 Å². The van der Waals surface area contributed by atoms with Gasteiger partial charge in [0.25, 0.3) is 0 Å². The average Bonchev–Trinajstić information content (AvgIpc) is 2.51. The molecule has 0 spiro atoms. The first-order valence-corrected chi connectivity index (χ1v) is 7.20. The quantitative estimate of drug-likeness (QED) is 0.830. The van der Waals surface area contributed by atoms with E-state index in [1.54, 1.807) is 0 Å². The van der Waals surface area contributed by atoms with Gasteiger partial charge in [-0.25, -0.2) is 0 Å². The summed E-state index contributed by atoms with van der Waals surface area (Å²) in [5, 5.41) is 0. The fourth-order valence-electron chi connectivity index (χ4n) is 2.13. The molecule has 0 aliphatic rings. The van der Waals surface area contributed by atoms with Gasteiger partial charge in [0.1, 0.15) is 0 Å². The molecule has 0 aliphatic carbocycles. The van der Waals surface area contributed by atoms with Crippen LogP contribution in [0.5, 0.6) is 0 Å². The molecule has 0 bridgehead atoms. The van der Waals surface area contributed by atoms with Gasteiger partial charge in [0, 0.05) is 12.0 Å². The highest BCUT2D eigenvalue weighted by Crippen LogP contribution is 2.07. The van der Waals surface area contributed by atoms with Crippen LogP contribution in [-0.4, -0.2) is 6.54 Å². The molecule has 21 heavy (non-hydrogen) atoms. The molecule has 0 amide bonds. The van der Waals surface area contributed by atoms with Gasteiger partial charge in [-0.3, -0.25) is 0 Å². The van der Waals surface area contributed by atoms with Gasteiger partial charge in [-0.15, -0.1) is 12.4 Å². The van der Waals surface area contributed by atoms with Crippen molar-refractivity contribution in [1.29, 1.82) is 0 Å². The highest BCUT2D eigenvalue weighted by molar-refractivity contribution is 5.85. The third-order valence-electron chi connectivity index (χ3n) is 3.21. The summed E-state index contributed by atoms with van der Waals surface area (Å²) >= 11 is 0. The highest BCUT2D eigenvalue weighted by Gasteiger charge is 1.93. The first-order chi connectivity index (χ1) is 9.88. The second-order valence-electron chi connectivity index (χ2n) is 4.88. The lowest BCUT2D eigenvalue weighted by Gasteiger charge is -2.00. The zero-order valence-corrected chi connectivity index (χ0v) is 13.0. The van der Waals surface area contributed by atoms with Crippen molar-refractivity contribution in [3.05, 3.63) is 71.3 Å². The first-order valence-electron chi connectivity index (χ1n) is 7.20. The normalized spacial score (nSPS) is 9.38. The van der Waals surface area contributed by atoms with Gasteiger partial charge in [0.15, 0.2) is 0 Å². The Labute approximate surface area is 134 Å². The maximum atomic E-state index is 5.54. The number of hydrogen-bond donors (Lipinski definition) is 1. The molecule has 110 valence electrons. The zero-order valence-electron chi connectivity index (χ0n) is 12.2. The summed E-state index contributed by atoms with van der Waals surface area (Å²) in [4.78, 5) is 0. The Bertz CT molecular complexity index is 581. The molecule has 0 saturated heterocycles. The Morgan fingerprint density at radius 2 is 1.62 bits per heavy atom. The third kappa shape index (κ3) is 6.49. The fourth-order valence-corrected chi connectivity index (χ4v) is 2.13. The van der Waals surface area contributed by atoms with Crippen molar-refractivity contribution in [3.63, 3.8) is 0 Å². The number of rotatable bonds is 5. The van der Waals surface area contributed by atoms with E-state index in [0.29, 0.717) is 0 Å². The number of nitrogens with two attached hydrogens (primary N) is 1. The van der Waals surface area contributed by atoms with Crippen LogP contribution >= 0.6 is 12.4 Å². The maximum absolute atomic E-state index is 5.54. The van der Waals surface area contributed by atoms with Crippen molar-refractivity contribution in [3.8, 4) is 11.8 Å². The van der Waals surface area contributed by atoms with Crippen LogP contribution in [0.2, 0.25) is 0 Å². The third-order valence-corrected chi connectivity index (χ3v) is 3.21. The van der Waals surface area contributed by atoms with Crippen molar-refractivity contribution in [2.24, 2.45) is 5.73 Å². The topological polar surface area (TPSA) is 26.0 Å². The van der Waals surface area contributed by atoms with Crippen LogP contribution in [0.25, 0.3) is 0 Å². The number of benzene rings is 2. The van der Waals surface area contributed by atoms with Crippen LogP contribution < -0.4 is 5.73 Å². The number of aryl methyl sites for hydroxylation is 2. The van der Waals surface area contributed by atoms with Crippen LogP contribution in [0.1, 0.15) is 29.5 Å². The van der Waals surface area contributed by atoms with Crippen LogP contribution in [0.4, 0.5) is 0 Å². The van der Waals surface area contributed by atoms with Crippen LogP contribution in [0.3, 0.4) is 0 Å². The molecule has 1 nitrogen and oxygen atoms in total. The van der Waals surface area contributed by atoms with Crippen LogP contribution in [0, 0.1) is 11.8 Å². The van der Waals surface area contributed by atoms with E-state index in [2.05, 4.69) is 60.4 Å². The van der Waals surface area contributed by atoms with Crippen molar-refractivity contribution in [2.45, 2.75) is 25.7 Å².